The Bertz CT molecular complexity index is 569. The van der Waals surface area contributed by atoms with Gasteiger partial charge in [0, 0.05) is 0 Å². The molecule has 2 atom stereocenters. The maximum atomic E-state index is 11.9. The number of aliphatic hydroxyl groups is 1. The lowest BCUT2D eigenvalue weighted by Crippen LogP contribution is -2.47. The van der Waals surface area contributed by atoms with Gasteiger partial charge in [-0.15, -0.1) is 0 Å². The van der Waals surface area contributed by atoms with Gasteiger partial charge in [0.05, 0.1) is 19.3 Å². The zero-order valence-electron chi connectivity index (χ0n) is 14.1. The van der Waals surface area contributed by atoms with Crippen LogP contribution in [0, 0.1) is 5.92 Å². The first-order valence-electron chi connectivity index (χ1n) is 7.67. The third-order valence-electron chi connectivity index (χ3n) is 3.69. The summed E-state index contributed by atoms with van der Waals surface area (Å²) < 4.78 is 9.60. The van der Waals surface area contributed by atoms with Crippen LogP contribution in [0.25, 0.3) is 0 Å². The Labute approximate surface area is 141 Å². The molecule has 0 saturated carbocycles. The maximum Gasteiger partial charge on any atom is 0.338 e. The fourth-order valence-corrected chi connectivity index (χ4v) is 1.97. The van der Waals surface area contributed by atoms with Gasteiger partial charge < -0.3 is 19.9 Å². The smallest absolute Gasteiger partial charge is 0.338 e. The Morgan fingerprint density at radius 3 is 2.33 bits per heavy atom. The van der Waals surface area contributed by atoms with Gasteiger partial charge in [0.25, 0.3) is 5.91 Å². The van der Waals surface area contributed by atoms with E-state index in [0.717, 1.165) is 0 Å². The molecule has 0 aliphatic carbocycles. The monoisotopic (exact) mass is 337 g/mol. The number of amides is 1. The Morgan fingerprint density at radius 1 is 1.21 bits per heavy atom. The minimum Gasteiger partial charge on any atom is -0.467 e. The third kappa shape index (κ3) is 5.66. The quantitative estimate of drug-likeness (QED) is 0.687. The second kappa shape index (κ2) is 9.67. The summed E-state index contributed by atoms with van der Waals surface area (Å²) >= 11 is 0. The third-order valence-corrected chi connectivity index (χ3v) is 3.69. The van der Waals surface area contributed by atoms with Crippen LogP contribution in [0.15, 0.2) is 24.3 Å². The van der Waals surface area contributed by atoms with Crippen LogP contribution in [0.2, 0.25) is 0 Å². The fourth-order valence-electron chi connectivity index (χ4n) is 1.97. The van der Waals surface area contributed by atoms with Gasteiger partial charge in [-0.1, -0.05) is 32.4 Å². The fraction of sp³-hybridized carbons (Fsp3) is 0.471. The van der Waals surface area contributed by atoms with Gasteiger partial charge in [-0.05, 0) is 23.6 Å². The van der Waals surface area contributed by atoms with Crippen LogP contribution in [0.3, 0.4) is 0 Å². The second-order valence-electron chi connectivity index (χ2n) is 5.39. The summed E-state index contributed by atoms with van der Waals surface area (Å²) in [5, 5.41) is 11.5. The Balaban J connectivity index is 2.57. The standard InChI is InChI=1S/C17H23NO6/c1-4-11(2)15(17(22)23-3)18-14(20)10-24-16(21)13-7-5-12(9-19)6-8-13/h5-8,11,15,19H,4,9-10H2,1-3H3,(H,18,20)/t11-,15-/m0/s1. The first-order chi connectivity index (χ1) is 11.4. The normalized spacial score (nSPS) is 12.8. The molecule has 0 spiro atoms. The van der Waals surface area contributed by atoms with Gasteiger partial charge >= 0.3 is 11.9 Å². The van der Waals surface area contributed by atoms with E-state index >= 15 is 0 Å². The van der Waals surface area contributed by atoms with E-state index in [9.17, 15) is 14.4 Å². The zero-order chi connectivity index (χ0) is 18.1. The highest BCUT2D eigenvalue weighted by Gasteiger charge is 2.27. The maximum absolute atomic E-state index is 11.9. The van der Waals surface area contributed by atoms with Crippen molar-refractivity contribution in [2.45, 2.75) is 32.9 Å². The average Bonchev–Trinajstić information content (AvgIpc) is 2.62. The van der Waals surface area contributed by atoms with Gasteiger partial charge in [-0.25, -0.2) is 9.59 Å². The number of ether oxygens (including phenoxy) is 2. The summed E-state index contributed by atoms with van der Waals surface area (Å²) in [5.41, 5.74) is 0.935. The highest BCUT2D eigenvalue weighted by atomic mass is 16.5. The molecule has 132 valence electrons. The molecular formula is C17H23NO6. The highest BCUT2D eigenvalue weighted by Crippen LogP contribution is 2.09. The van der Waals surface area contributed by atoms with E-state index in [1.807, 2.05) is 13.8 Å². The molecule has 0 aromatic heterocycles. The summed E-state index contributed by atoms with van der Waals surface area (Å²) in [6, 6.07) is 5.40. The molecule has 1 aromatic rings. The summed E-state index contributed by atoms with van der Waals surface area (Å²) in [4.78, 5) is 35.5. The summed E-state index contributed by atoms with van der Waals surface area (Å²) in [6.07, 6.45) is 0.678. The topological polar surface area (TPSA) is 102 Å². The number of methoxy groups -OCH3 is 1. The van der Waals surface area contributed by atoms with Crippen molar-refractivity contribution >= 4 is 17.8 Å². The van der Waals surface area contributed by atoms with Crippen LogP contribution in [0.5, 0.6) is 0 Å². The molecule has 0 aliphatic heterocycles. The Morgan fingerprint density at radius 2 is 1.83 bits per heavy atom. The Kier molecular flexibility index (Phi) is 7.91. The van der Waals surface area contributed by atoms with Gasteiger partial charge in [-0.2, -0.15) is 0 Å². The molecule has 1 amide bonds. The number of carbonyl (C=O) groups excluding carboxylic acids is 3. The molecule has 0 unspecified atom stereocenters. The number of aliphatic hydroxyl groups excluding tert-OH is 1. The van der Waals surface area contributed by atoms with Crippen molar-refractivity contribution in [3.63, 3.8) is 0 Å². The van der Waals surface area contributed by atoms with E-state index in [1.165, 1.54) is 19.2 Å². The second-order valence-corrected chi connectivity index (χ2v) is 5.39. The van der Waals surface area contributed by atoms with Crippen molar-refractivity contribution in [1.29, 1.82) is 0 Å². The average molecular weight is 337 g/mol. The number of benzene rings is 1. The molecule has 7 nitrogen and oxygen atoms in total. The van der Waals surface area contributed by atoms with Gasteiger partial charge in [0.15, 0.2) is 6.61 Å². The van der Waals surface area contributed by atoms with Gasteiger partial charge in [-0.3, -0.25) is 4.79 Å². The molecule has 0 bridgehead atoms. The van der Waals surface area contributed by atoms with E-state index in [4.69, 9.17) is 9.84 Å². The number of rotatable bonds is 8. The van der Waals surface area contributed by atoms with Crippen LogP contribution in [0.1, 0.15) is 36.2 Å². The molecule has 0 fully saturated rings. The van der Waals surface area contributed by atoms with Crippen LogP contribution < -0.4 is 5.32 Å². The number of hydrogen-bond donors (Lipinski definition) is 2. The summed E-state index contributed by atoms with van der Waals surface area (Å²) in [6.45, 7) is 3.09. The summed E-state index contributed by atoms with van der Waals surface area (Å²) in [7, 11) is 1.25. The number of hydrogen-bond acceptors (Lipinski definition) is 6. The molecular weight excluding hydrogens is 314 g/mol. The largest absolute Gasteiger partial charge is 0.467 e. The molecule has 0 heterocycles. The minimum absolute atomic E-state index is 0.108. The lowest BCUT2D eigenvalue weighted by Gasteiger charge is -2.21. The van der Waals surface area contributed by atoms with Crippen LogP contribution in [0.4, 0.5) is 0 Å². The molecule has 0 saturated heterocycles. The van der Waals surface area contributed by atoms with Crippen molar-refractivity contribution in [2.75, 3.05) is 13.7 Å². The highest BCUT2D eigenvalue weighted by molar-refractivity contribution is 5.92. The molecule has 0 aliphatic rings. The first-order valence-corrected chi connectivity index (χ1v) is 7.67. The van der Waals surface area contributed by atoms with Crippen molar-refractivity contribution in [2.24, 2.45) is 5.92 Å². The predicted octanol–water partition coefficient (Wildman–Crippen LogP) is 1.04. The number of esters is 2. The molecule has 1 aromatic carbocycles. The Hall–Kier alpha value is -2.41. The zero-order valence-corrected chi connectivity index (χ0v) is 14.1. The van der Waals surface area contributed by atoms with Crippen LogP contribution in [-0.4, -0.2) is 42.7 Å². The van der Waals surface area contributed by atoms with E-state index < -0.39 is 30.5 Å². The minimum atomic E-state index is -0.782. The predicted molar refractivity (Wildman–Crippen MR) is 86.0 cm³/mol. The van der Waals surface area contributed by atoms with Crippen molar-refractivity contribution < 1.29 is 29.0 Å². The molecule has 2 N–H and O–H groups in total. The molecule has 24 heavy (non-hydrogen) atoms. The SMILES string of the molecule is CC[C@H](C)[C@H](NC(=O)COC(=O)c1ccc(CO)cc1)C(=O)OC. The summed E-state index contributed by atoms with van der Waals surface area (Å²) in [5.74, 6) is -1.88. The molecule has 7 heteroatoms. The number of carbonyl (C=O) groups is 3. The first kappa shape index (κ1) is 19.6. The van der Waals surface area contributed by atoms with Gasteiger partial charge in [0.1, 0.15) is 6.04 Å². The van der Waals surface area contributed by atoms with Crippen LogP contribution in [-0.2, 0) is 25.7 Å². The number of nitrogens with one attached hydrogen (secondary N) is 1. The lowest BCUT2D eigenvalue weighted by molar-refractivity contribution is -0.147. The van der Waals surface area contributed by atoms with E-state index in [-0.39, 0.29) is 18.1 Å². The van der Waals surface area contributed by atoms with Crippen molar-refractivity contribution in [3.8, 4) is 0 Å². The van der Waals surface area contributed by atoms with E-state index in [0.29, 0.717) is 12.0 Å². The van der Waals surface area contributed by atoms with Crippen LogP contribution >= 0.6 is 0 Å². The molecule has 0 radical (unpaired) electrons. The van der Waals surface area contributed by atoms with Gasteiger partial charge in [0.2, 0.25) is 0 Å². The molecule has 1 rings (SSSR count). The van der Waals surface area contributed by atoms with E-state index in [1.54, 1.807) is 12.1 Å². The lowest BCUT2D eigenvalue weighted by atomic mass is 9.99. The van der Waals surface area contributed by atoms with E-state index in [2.05, 4.69) is 10.1 Å². The van der Waals surface area contributed by atoms with Crippen molar-refractivity contribution in [1.82, 2.24) is 5.32 Å². The van der Waals surface area contributed by atoms with Crippen molar-refractivity contribution in [3.05, 3.63) is 35.4 Å².